The van der Waals surface area contributed by atoms with Crippen LogP contribution in [0.5, 0.6) is 11.5 Å². The normalized spacial score (nSPS) is 15.1. The minimum atomic E-state index is -4.48. The summed E-state index contributed by atoms with van der Waals surface area (Å²) in [5, 5.41) is 13.9. The van der Waals surface area contributed by atoms with Gasteiger partial charge in [-0.15, -0.1) is 11.8 Å². The van der Waals surface area contributed by atoms with Crippen molar-refractivity contribution in [2.45, 2.75) is 56.6 Å². The van der Waals surface area contributed by atoms with Gasteiger partial charge in [0.1, 0.15) is 35.5 Å². The molecule has 3 aromatic heterocycles. The van der Waals surface area contributed by atoms with Gasteiger partial charge < -0.3 is 59.2 Å². The van der Waals surface area contributed by atoms with E-state index in [0.717, 1.165) is 43.9 Å². The summed E-state index contributed by atoms with van der Waals surface area (Å²) in [4.78, 5) is 20.0. The Labute approximate surface area is 425 Å². The van der Waals surface area contributed by atoms with Gasteiger partial charge in [0.15, 0.2) is 6.61 Å². The highest BCUT2D eigenvalue weighted by Crippen LogP contribution is 2.35. The number of thioether (sulfide) groups is 1. The van der Waals surface area contributed by atoms with Gasteiger partial charge in [0.05, 0.1) is 86.2 Å². The third-order valence-electron chi connectivity index (χ3n) is 12.3. The van der Waals surface area contributed by atoms with Gasteiger partial charge in [-0.05, 0) is 105 Å². The number of carbonyl (C=O) groups is 1. The van der Waals surface area contributed by atoms with Gasteiger partial charge >= 0.3 is 6.18 Å². The Morgan fingerprint density at radius 3 is 2.59 bits per heavy atom. The molecule has 2 atom stereocenters. The van der Waals surface area contributed by atoms with Crippen molar-refractivity contribution in [3.63, 3.8) is 0 Å². The summed E-state index contributed by atoms with van der Waals surface area (Å²) >= 11 is 1.59. The molecule has 5 N–H and O–H groups in total. The summed E-state index contributed by atoms with van der Waals surface area (Å²) < 4.78 is 87.5. The molecule has 1 saturated heterocycles. The number of aromatic nitrogens is 4. The molecule has 7 aromatic rings. The summed E-state index contributed by atoms with van der Waals surface area (Å²) in [6.45, 7) is 5.94. The number of aryl methyl sites for hydroxylation is 2. The van der Waals surface area contributed by atoms with Crippen molar-refractivity contribution >= 4 is 56.7 Å². The number of rotatable bonds is 22. The fourth-order valence-electron chi connectivity index (χ4n) is 8.75. The first-order valence-corrected chi connectivity index (χ1v) is 24.8. The van der Waals surface area contributed by atoms with Crippen molar-refractivity contribution in [2.75, 3.05) is 95.5 Å². The van der Waals surface area contributed by atoms with Crippen LogP contribution in [0.15, 0.2) is 94.6 Å². The zero-order valence-corrected chi connectivity index (χ0v) is 41.9. The lowest BCUT2D eigenvalue weighted by Gasteiger charge is -2.33. The molecule has 0 saturated carbocycles. The summed E-state index contributed by atoms with van der Waals surface area (Å²) in [5.41, 5.74) is 13.9. The van der Waals surface area contributed by atoms with Crippen LogP contribution in [0.25, 0.3) is 33.1 Å². The maximum atomic E-state index is 14.9. The van der Waals surface area contributed by atoms with E-state index in [1.807, 2.05) is 78.9 Å². The number of nitrogens with one attached hydrogen (secondary N) is 3. The van der Waals surface area contributed by atoms with Crippen molar-refractivity contribution in [2.24, 2.45) is 0 Å². The van der Waals surface area contributed by atoms with Gasteiger partial charge in [0.2, 0.25) is 0 Å². The Morgan fingerprint density at radius 1 is 0.986 bits per heavy atom. The highest BCUT2D eigenvalue weighted by Gasteiger charge is 2.31. The van der Waals surface area contributed by atoms with Gasteiger partial charge in [-0.3, -0.25) is 4.79 Å². The van der Waals surface area contributed by atoms with Crippen molar-refractivity contribution in [1.29, 1.82) is 0 Å². The average molecular weight is 1030 g/mol. The lowest BCUT2D eigenvalue weighted by molar-refractivity contribution is -0.140. The molecule has 8 rings (SSSR count). The van der Waals surface area contributed by atoms with Crippen LogP contribution in [0.2, 0.25) is 0 Å². The highest BCUT2D eigenvalue weighted by atomic mass is 32.2. The molecule has 20 heteroatoms. The molecule has 0 radical (unpaired) electrons. The van der Waals surface area contributed by atoms with Crippen LogP contribution in [0, 0.1) is 25.7 Å². The molecule has 1 fully saturated rings. The zero-order chi connectivity index (χ0) is 51.5. The minimum absolute atomic E-state index is 0.144. The van der Waals surface area contributed by atoms with Crippen LogP contribution in [-0.4, -0.2) is 128 Å². The average Bonchev–Trinajstić information content (AvgIpc) is 4.04. The van der Waals surface area contributed by atoms with Gasteiger partial charge in [-0.2, -0.15) is 13.2 Å². The van der Waals surface area contributed by atoms with E-state index in [1.54, 1.807) is 55.5 Å². The number of hydrogen-bond acceptors (Lipinski definition) is 13. The van der Waals surface area contributed by atoms with E-state index in [1.165, 1.54) is 0 Å². The van der Waals surface area contributed by atoms with Gasteiger partial charge in [-0.25, -0.2) is 9.37 Å². The molecule has 0 aliphatic carbocycles. The number of fused-ring (bicyclic) bond motifs is 2. The third kappa shape index (κ3) is 13.8. The number of nitrogen functional groups attached to an aromatic ring is 1. The van der Waals surface area contributed by atoms with Crippen LogP contribution < -0.4 is 31.2 Å². The fraction of sp³-hybridized carbons (Fsp3) is 0.377. The van der Waals surface area contributed by atoms with E-state index in [4.69, 9.17) is 29.2 Å². The molecule has 0 bridgehead atoms. The number of hydrogen-bond donors (Lipinski definition) is 4. The molecule has 15 nitrogen and oxygen atoms in total. The standard InChI is InChI=1S/C53H59F4N9O6S/c1-34-51(35(2)72-63-34)37-25-43(58)52-48(26-37)65(33-61-52)29-36-8-5-10-39(24-36)71-31-50(67)60-17-19-69-20-21-70-22-23-73-40-13-14-46(49(28-40)68-4)59-16-7-9-38-27-41-44(62-45-15-18-64(3)30-42(45)54)11-6-12-47(41)66(38)32-53(55,56)57/h5-6,8,10-14,24-28,33,42,45,59,62H,15-23,29-32,58H2,1-4H3,(H,60,67). The monoisotopic (exact) mass is 1030 g/mol. The lowest BCUT2D eigenvalue weighted by atomic mass is 10.0. The Kier molecular flexibility index (Phi) is 17.4. The van der Waals surface area contributed by atoms with E-state index < -0.39 is 24.9 Å². The first-order valence-electron chi connectivity index (χ1n) is 23.9. The van der Waals surface area contributed by atoms with E-state index >= 15 is 0 Å². The number of anilines is 3. The first kappa shape index (κ1) is 52.4. The molecule has 386 valence electrons. The maximum absolute atomic E-state index is 14.9. The zero-order valence-electron chi connectivity index (χ0n) is 41.1. The van der Waals surface area contributed by atoms with E-state index in [9.17, 15) is 22.4 Å². The molecular weight excluding hydrogens is 967 g/mol. The molecule has 2 unspecified atom stereocenters. The SMILES string of the molecule is COc1cc(SCCOCCOCCNC(=O)COc2cccc(Cn3cnc4c(N)cc(-c5c(C)noc5C)cc43)c2)ccc1NCC#Cc1cc2c(NC3CCN(C)CC3F)cccc2n1CC(F)(F)F. The Hall–Kier alpha value is -6.92. The predicted molar refractivity (Wildman–Crippen MR) is 276 cm³/mol. The maximum Gasteiger partial charge on any atom is 0.406 e. The summed E-state index contributed by atoms with van der Waals surface area (Å²) in [5.74, 6) is 8.16. The number of amides is 1. The number of halogens is 4. The summed E-state index contributed by atoms with van der Waals surface area (Å²) in [6, 6.07) is 23.4. The molecule has 4 aromatic carbocycles. The minimum Gasteiger partial charge on any atom is -0.495 e. The van der Waals surface area contributed by atoms with Crippen LogP contribution in [0.3, 0.4) is 0 Å². The van der Waals surface area contributed by atoms with Gasteiger partial charge in [0.25, 0.3) is 5.91 Å². The summed E-state index contributed by atoms with van der Waals surface area (Å²) in [6.07, 6.45) is -3.25. The number of piperidine rings is 1. The van der Waals surface area contributed by atoms with Crippen LogP contribution in [-0.2, 0) is 27.4 Å². The van der Waals surface area contributed by atoms with Crippen molar-refractivity contribution in [3.8, 4) is 34.5 Å². The third-order valence-corrected chi connectivity index (χ3v) is 13.2. The van der Waals surface area contributed by atoms with E-state index in [2.05, 4.69) is 37.9 Å². The first-order chi connectivity index (χ1) is 35.2. The van der Waals surface area contributed by atoms with Gasteiger partial charge in [0, 0.05) is 53.5 Å². The summed E-state index contributed by atoms with van der Waals surface area (Å²) in [7, 11) is 3.42. The Morgan fingerprint density at radius 2 is 1.81 bits per heavy atom. The molecule has 1 aliphatic heterocycles. The topological polar surface area (TPSA) is 168 Å². The number of benzene rings is 4. The number of imidazole rings is 1. The second-order valence-corrected chi connectivity index (χ2v) is 18.8. The molecular formula is C53H59F4N9O6S. The van der Waals surface area contributed by atoms with Crippen LogP contribution >= 0.6 is 11.8 Å². The number of methoxy groups -OCH3 is 1. The second-order valence-electron chi connectivity index (χ2n) is 17.7. The molecule has 1 aliphatic rings. The fourth-order valence-corrected chi connectivity index (χ4v) is 9.54. The molecule has 4 heterocycles. The molecule has 73 heavy (non-hydrogen) atoms. The van der Waals surface area contributed by atoms with Gasteiger partial charge in [-0.1, -0.05) is 29.3 Å². The lowest BCUT2D eigenvalue weighted by Crippen LogP contribution is -2.46. The highest BCUT2D eigenvalue weighted by molar-refractivity contribution is 7.99. The van der Waals surface area contributed by atoms with E-state index in [-0.39, 0.29) is 31.3 Å². The van der Waals surface area contributed by atoms with Crippen molar-refractivity contribution in [3.05, 3.63) is 108 Å². The van der Waals surface area contributed by atoms with Crippen LogP contribution in [0.4, 0.5) is 34.6 Å². The van der Waals surface area contributed by atoms with Crippen LogP contribution in [0.1, 0.15) is 29.1 Å². The Balaban J connectivity index is 0.716. The predicted octanol–water partition coefficient (Wildman–Crippen LogP) is 8.70. The van der Waals surface area contributed by atoms with E-state index in [0.29, 0.717) is 102 Å². The Bertz CT molecular complexity index is 3050. The van der Waals surface area contributed by atoms with Crippen molar-refractivity contribution < 1.29 is 45.8 Å². The van der Waals surface area contributed by atoms with Crippen molar-refractivity contribution in [1.82, 2.24) is 29.5 Å². The number of nitrogens with zero attached hydrogens (tertiary/aromatic N) is 5. The number of ether oxygens (including phenoxy) is 4. The molecule has 1 amide bonds. The second kappa shape index (κ2) is 24.2. The number of nitrogens with two attached hydrogens (primary N) is 1. The quantitative estimate of drug-likeness (QED) is 0.0168. The molecule has 0 spiro atoms. The number of alkyl halides is 4. The number of likely N-dealkylation sites (tertiary alicyclic amines) is 1. The number of carbonyl (C=O) groups excluding carboxylic acids is 1. The largest absolute Gasteiger partial charge is 0.495 e. The smallest absolute Gasteiger partial charge is 0.406 e.